The Bertz CT molecular complexity index is 1240. The lowest BCUT2D eigenvalue weighted by molar-refractivity contribution is -0.384. The van der Waals surface area contributed by atoms with Crippen LogP contribution in [0.5, 0.6) is 11.5 Å². The highest BCUT2D eigenvalue weighted by atomic mass is 32.2. The average molecular weight is 449 g/mol. The molecule has 3 aromatic carbocycles. The monoisotopic (exact) mass is 448 g/mol. The molecule has 1 heterocycles. The minimum absolute atomic E-state index is 0.0665. The molecule has 0 radical (unpaired) electrons. The summed E-state index contributed by atoms with van der Waals surface area (Å²) >= 11 is 1.46. The number of non-ortho nitro benzene ring substituents is 1. The number of nitro groups is 1. The first-order valence-electron chi connectivity index (χ1n) is 9.69. The van der Waals surface area contributed by atoms with Gasteiger partial charge in [0.2, 0.25) is 0 Å². The van der Waals surface area contributed by atoms with Crippen molar-refractivity contribution in [2.75, 3.05) is 14.2 Å². The molecule has 0 unspecified atom stereocenters. The van der Waals surface area contributed by atoms with E-state index in [1.165, 1.54) is 17.8 Å². The fraction of sp³-hybridized carbons (Fsp3) is 0.130. The van der Waals surface area contributed by atoms with Crippen molar-refractivity contribution in [2.24, 2.45) is 0 Å². The van der Waals surface area contributed by atoms with E-state index in [0.29, 0.717) is 16.7 Å². The van der Waals surface area contributed by atoms with Gasteiger partial charge in [0.15, 0.2) is 11.0 Å². The summed E-state index contributed by atoms with van der Waals surface area (Å²) in [4.78, 5) is 10.7. The van der Waals surface area contributed by atoms with Gasteiger partial charge in [0.25, 0.3) is 5.69 Å². The summed E-state index contributed by atoms with van der Waals surface area (Å²) in [5.74, 6) is 2.64. The molecule has 0 fully saturated rings. The van der Waals surface area contributed by atoms with Crippen molar-refractivity contribution in [3.05, 3.63) is 88.5 Å². The van der Waals surface area contributed by atoms with Gasteiger partial charge in [-0.25, -0.2) is 0 Å². The third-order valence-corrected chi connectivity index (χ3v) is 5.78. The summed E-state index contributed by atoms with van der Waals surface area (Å²) in [7, 11) is 3.24. The highest BCUT2D eigenvalue weighted by Crippen LogP contribution is 2.32. The van der Waals surface area contributed by atoms with Gasteiger partial charge in [-0.05, 0) is 42.0 Å². The number of nitrogens with zero attached hydrogens (tertiary/aromatic N) is 4. The van der Waals surface area contributed by atoms with Crippen molar-refractivity contribution in [3.8, 4) is 28.6 Å². The fourth-order valence-electron chi connectivity index (χ4n) is 3.18. The highest BCUT2D eigenvalue weighted by Gasteiger charge is 2.17. The average Bonchev–Trinajstić information content (AvgIpc) is 3.27. The van der Waals surface area contributed by atoms with Crippen LogP contribution in [0.1, 0.15) is 5.56 Å². The van der Waals surface area contributed by atoms with Gasteiger partial charge >= 0.3 is 0 Å². The normalized spacial score (nSPS) is 10.7. The molecule has 4 rings (SSSR count). The van der Waals surface area contributed by atoms with E-state index in [1.807, 2.05) is 59.2 Å². The standard InChI is InChI=1S/C23H20N4O4S/c1-30-20-11-9-18(10-12-20)26-22(17-6-4-8-21(14-17)31-2)24-25-23(26)32-15-16-5-3-7-19(13-16)27(28)29/h3-14H,15H2,1-2H3. The molecule has 0 spiro atoms. The van der Waals surface area contributed by atoms with Gasteiger partial charge in [0, 0.05) is 29.1 Å². The van der Waals surface area contributed by atoms with Gasteiger partial charge < -0.3 is 9.47 Å². The number of hydrogen-bond donors (Lipinski definition) is 0. The Balaban J connectivity index is 1.72. The molecule has 9 heteroatoms. The van der Waals surface area contributed by atoms with E-state index in [-0.39, 0.29) is 5.69 Å². The molecule has 0 amide bonds. The molecular formula is C23H20N4O4S. The molecule has 8 nitrogen and oxygen atoms in total. The predicted molar refractivity (Wildman–Crippen MR) is 123 cm³/mol. The molecule has 0 atom stereocenters. The molecule has 0 aliphatic rings. The Hall–Kier alpha value is -3.85. The Morgan fingerprint density at radius 1 is 0.938 bits per heavy atom. The van der Waals surface area contributed by atoms with Gasteiger partial charge in [-0.2, -0.15) is 0 Å². The number of aromatic nitrogens is 3. The van der Waals surface area contributed by atoms with Crippen molar-refractivity contribution < 1.29 is 14.4 Å². The molecule has 162 valence electrons. The molecule has 0 N–H and O–H groups in total. The maximum Gasteiger partial charge on any atom is 0.269 e. The molecular weight excluding hydrogens is 428 g/mol. The zero-order valence-corrected chi connectivity index (χ0v) is 18.3. The van der Waals surface area contributed by atoms with Crippen molar-refractivity contribution in [2.45, 2.75) is 10.9 Å². The van der Waals surface area contributed by atoms with Crippen molar-refractivity contribution in [1.82, 2.24) is 14.8 Å². The van der Waals surface area contributed by atoms with E-state index in [0.717, 1.165) is 28.3 Å². The Morgan fingerprint density at radius 2 is 1.69 bits per heavy atom. The van der Waals surface area contributed by atoms with Gasteiger partial charge in [-0.15, -0.1) is 10.2 Å². The van der Waals surface area contributed by atoms with Gasteiger partial charge in [-0.3, -0.25) is 14.7 Å². The SMILES string of the molecule is COc1ccc(-n2c(SCc3cccc([N+](=O)[O-])c3)nnc2-c2cccc(OC)c2)cc1. The lowest BCUT2D eigenvalue weighted by Gasteiger charge is -2.12. The van der Waals surface area contributed by atoms with Crippen LogP contribution in [0.2, 0.25) is 0 Å². The van der Waals surface area contributed by atoms with Crippen LogP contribution in [-0.4, -0.2) is 33.9 Å². The summed E-state index contributed by atoms with van der Waals surface area (Å²) in [6, 6.07) is 21.8. The summed E-state index contributed by atoms with van der Waals surface area (Å²) in [5.41, 5.74) is 2.62. The fourth-order valence-corrected chi connectivity index (χ4v) is 4.08. The van der Waals surface area contributed by atoms with Crippen LogP contribution in [-0.2, 0) is 5.75 Å². The minimum atomic E-state index is -0.394. The highest BCUT2D eigenvalue weighted by molar-refractivity contribution is 7.98. The van der Waals surface area contributed by atoms with Crippen LogP contribution in [0.4, 0.5) is 5.69 Å². The summed E-state index contributed by atoms with van der Waals surface area (Å²) in [6.07, 6.45) is 0. The molecule has 0 aliphatic heterocycles. The molecule has 0 saturated heterocycles. The van der Waals surface area contributed by atoms with Gasteiger partial charge in [-0.1, -0.05) is 36.0 Å². The molecule has 32 heavy (non-hydrogen) atoms. The molecule has 1 aromatic heterocycles. The van der Waals surface area contributed by atoms with Crippen molar-refractivity contribution in [1.29, 1.82) is 0 Å². The number of methoxy groups -OCH3 is 2. The zero-order valence-electron chi connectivity index (χ0n) is 17.5. The largest absolute Gasteiger partial charge is 0.497 e. The van der Waals surface area contributed by atoms with E-state index >= 15 is 0 Å². The van der Waals surface area contributed by atoms with E-state index < -0.39 is 4.92 Å². The first-order chi connectivity index (χ1) is 15.6. The van der Waals surface area contributed by atoms with Crippen LogP contribution in [0.3, 0.4) is 0 Å². The molecule has 4 aromatic rings. The summed E-state index contributed by atoms with van der Waals surface area (Å²) in [6.45, 7) is 0. The van der Waals surface area contributed by atoms with E-state index in [1.54, 1.807) is 26.4 Å². The van der Waals surface area contributed by atoms with Gasteiger partial charge in [0.1, 0.15) is 11.5 Å². The van der Waals surface area contributed by atoms with Crippen LogP contribution in [0.15, 0.2) is 78.0 Å². The minimum Gasteiger partial charge on any atom is -0.497 e. The number of ether oxygens (including phenoxy) is 2. The lowest BCUT2D eigenvalue weighted by Crippen LogP contribution is -2.00. The van der Waals surface area contributed by atoms with E-state index in [2.05, 4.69) is 10.2 Å². The Labute approximate surface area is 189 Å². The van der Waals surface area contributed by atoms with E-state index in [4.69, 9.17) is 9.47 Å². The number of nitro benzene ring substituents is 1. The third kappa shape index (κ3) is 4.57. The van der Waals surface area contributed by atoms with Gasteiger partial charge in [0.05, 0.1) is 19.1 Å². The lowest BCUT2D eigenvalue weighted by atomic mass is 10.2. The quantitative estimate of drug-likeness (QED) is 0.209. The Morgan fingerprint density at radius 3 is 2.41 bits per heavy atom. The smallest absolute Gasteiger partial charge is 0.269 e. The van der Waals surface area contributed by atoms with Crippen molar-refractivity contribution in [3.63, 3.8) is 0 Å². The summed E-state index contributed by atoms with van der Waals surface area (Å²) < 4.78 is 12.6. The maximum absolute atomic E-state index is 11.1. The number of benzene rings is 3. The third-order valence-electron chi connectivity index (χ3n) is 4.78. The maximum atomic E-state index is 11.1. The van der Waals surface area contributed by atoms with Crippen molar-refractivity contribution >= 4 is 17.4 Å². The topological polar surface area (TPSA) is 92.3 Å². The second-order valence-corrected chi connectivity index (χ2v) is 7.73. The molecule has 0 saturated carbocycles. The van der Waals surface area contributed by atoms with Crippen LogP contribution >= 0.6 is 11.8 Å². The van der Waals surface area contributed by atoms with Crippen LogP contribution in [0.25, 0.3) is 17.1 Å². The Kier molecular flexibility index (Phi) is 6.37. The van der Waals surface area contributed by atoms with Crippen LogP contribution < -0.4 is 9.47 Å². The second-order valence-electron chi connectivity index (χ2n) is 6.79. The summed E-state index contributed by atoms with van der Waals surface area (Å²) in [5, 5.41) is 20.6. The molecule has 0 aliphatic carbocycles. The van der Waals surface area contributed by atoms with Crippen LogP contribution in [0, 0.1) is 10.1 Å². The first-order valence-corrected chi connectivity index (χ1v) is 10.7. The zero-order chi connectivity index (χ0) is 22.5. The number of hydrogen-bond acceptors (Lipinski definition) is 7. The second kappa shape index (κ2) is 9.52. The number of rotatable bonds is 8. The number of thioether (sulfide) groups is 1. The van der Waals surface area contributed by atoms with E-state index in [9.17, 15) is 10.1 Å². The predicted octanol–water partition coefficient (Wildman–Crippen LogP) is 5.15. The molecule has 0 bridgehead atoms. The first kappa shape index (κ1) is 21.4.